The quantitative estimate of drug-likeness (QED) is 0.886. The van der Waals surface area contributed by atoms with Crippen molar-refractivity contribution in [2.45, 2.75) is 46.8 Å². The topological polar surface area (TPSA) is 23.5 Å². The van der Waals surface area contributed by atoms with Gasteiger partial charge in [-0.15, -0.1) is 0 Å². The lowest BCUT2D eigenvalue weighted by Gasteiger charge is -2.38. The minimum Gasteiger partial charge on any atom is -0.389 e. The van der Waals surface area contributed by atoms with Gasteiger partial charge < -0.3 is 10.0 Å². The Bertz CT molecular complexity index is 409. The summed E-state index contributed by atoms with van der Waals surface area (Å²) in [6.07, 6.45) is -0.809. The van der Waals surface area contributed by atoms with E-state index in [9.17, 15) is 9.50 Å². The normalized spacial score (nSPS) is 15.3. The average molecular weight is 253 g/mol. The van der Waals surface area contributed by atoms with E-state index in [1.54, 1.807) is 13.0 Å². The molecule has 0 aliphatic carbocycles. The molecule has 102 valence electrons. The van der Waals surface area contributed by atoms with Gasteiger partial charge in [0.15, 0.2) is 0 Å². The summed E-state index contributed by atoms with van der Waals surface area (Å²) in [7, 11) is 1.94. The van der Waals surface area contributed by atoms with Gasteiger partial charge in [0.05, 0.1) is 6.10 Å². The molecule has 0 amide bonds. The fourth-order valence-corrected chi connectivity index (χ4v) is 2.04. The smallest absolute Gasteiger partial charge is 0.131 e. The van der Waals surface area contributed by atoms with Crippen molar-refractivity contribution in [1.29, 1.82) is 0 Å². The van der Waals surface area contributed by atoms with E-state index in [1.165, 1.54) is 6.07 Å². The second-order valence-electron chi connectivity index (χ2n) is 6.00. The summed E-state index contributed by atoms with van der Waals surface area (Å²) in [5.41, 5.74) is 1.21. The maximum Gasteiger partial charge on any atom is 0.131 e. The molecule has 0 saturated carbocycles. The lowest BCUT2D eigenvalue weighted by Crippen LogP contribution is -2.40. The van der Waals surface area contributed by atoms with Crippen LogP contribution in [-0.4, -0.2) is 18.2 Å². The first-order valence-electron chi connectivity index (χ1n) is 6.35. The van der Waals surface area contributed by atoms with Crippen LogP contribution in [0.5, 0.6) is 0 Å². The van der Waals surface area contributed by atoms with Gasteiger partial charge in [0, 0.05) is 24.3 Å². The van der Waals surface area contributed by atoms with Crippen LogP contribution in [0.2, 0.25) is 0 Å². The SMILES string of the molecule is CC(N(C)c1cccc(F)c1[C@@H](C)O)C(C)(C)C. The summed E-state index contributed by atoms with van der Waals surface area (Å²) in [4.78, 5) is 2.03. The van der Waals surface area contributed by atoms with Crippen molar-refractivity contribution < 1.29 is 9.50 Å². The standard InChI is InChI=1S/C15H24FNO/c1-10(18)14-12(16)8-7-9-13(14)17(6)11(2)15(3,4)5/h7-11,18H,1-6H3/t10-,11?/m1/s1. The van der Waals surface area contributed by atoms with Crippen LogP contribution in [0.25, 0.3) is 0 Å². The number of nitrogens with zero attached hydrogens (tertiary/aromatic N) is 1. The third-order valence-corrected chi connectivity index (χ3v) is 3.66. The van der Waals surface area contributed by atoms with Crippen LogP contribution < -0.4 is 4.90 Å². The van der Waals surface area contributed by atoms with Gasteiger partial charge >= 0.3 is 0 Å². The Balaban J connectivity index is 3.21. The predicted molar refractivity (Wildman–Crippen MR) is 74.4 cm³/mol. The third kappa shape index (κ3) is 3.02. The Labute approximate surface area is 109 Å². The monoisotopic (exact) mass is 253 g/mol. The number of rotatable bonds is 3. The minimum atomic E-state index is -0.809. The lowest BCUT2D eigenvalue weighted by molar-refractivity contribution is 0.194. The highest BCUT2D eigenvalue weighted by Crippen LogP contribution is 2.33. The summed E-state index contributed by atoms with van der Waals surface area (Å²) in [5, 5.41) is 9.75. The van der Waals surface area contributed by atoms with Crippen LogP contribution in [0.3, 0.4) is 0 Å². The molecule has 1 aromatic rings. The van der Waals surface area contributed by atoms with E-state index in [2.05, 4.69) is 27.7 Å². The summed E-state index contributed by atoms with van der Waals surface area (Å²) < 4.78 is 13.8. The molecule has 0 bridgehead atoms. The molecule has 2 nitrogen and oxygen atoms in total. The van der Waals surface area contributed by atoms with Gasteiger partial charge in [-0.1, -0.05) is 26.8 Å². The molecule has 3 heteroatoms. The van der Waals surface area contributed by atoms with E-state index in [-0.39, 0.29) is 17.3 Å². The van der Waals surface area contributed by atoms with Crippen molar-refractivity contribution in [3.63, 3.8) is 0 Å². The number of hydrogen-bond acceptors (Lipinski definition) is 2. The molecule has 0 aromatic heterocycles. The van der Waals surface area contributed by atoms with Gasteiger partial charge in [0.2, 0.25) is 0 Å². The van der Waals surface area contributed by atoms with E-state index >= 15 is 0 Å². The Kier molecular flexibility index (Phi) is 4.38. The molecular weight excluding hydrogens is 229 g/mol. The summed E-state index contributed by atoms with van der Waals surface area (Å²) in [5.74, 6) is -0.351. The van der Waals surface area contributed by atoms with Crippen molar-refractivity contribution in [1.82, 2.24) is 0 Å². The molecule has 2 atom stereocenters. The van der Waals surface area contributed by atoms with E-state index < -0.39 is 6.10 Å². The number of anilines is 1. The molecule has 1 N–H and O–H groups in total. The van der Waals surface area contributed by atoms with Crippen LogP contribution in [0, 0.1) is 11.2 Å². The molecule has 0 fully saturated rings. The molecule has 1 unspecified atom stereocenters. The Morgan fingerprint density at radius 1 is 1.22 bits per heavy atom. The highest BCUT2D eigenvalue weighted by atomic mass is 19.1. The second kappa shape index (κ2) is 5.27. The molecule has 0 heterocycles. The Morgan fingerprint density at radius 3 is 2.22 bits per heavy atom. The number of aliphatic hydroxyl groups excluding tert-OH is 1. The first-order valence-corrected chi connectivity index (χ1v) is 6.35. The van der Waals surface area contributed by atoms with Crippen molar-refractivity contribution in [2.24, 2.45) is 5.41 Å². The predicted octanol–water partition coefficient (Wildman–Crippen LogP) is 3.75. The van der Waals surface area contributed by atoms with Gasteiger partial charge in [0.25, 0.3) is 0 Å². The van der Waals surface area contributed by atoms with E-state index in [4.69, 9.17) is 0 Å². The maximum absolute atomic E-state index is 13.8. The van der Waals surface area contributed by atoms with Crippen LogP contribution in [-0.2, 0) is 0 Å². The molecule has 0 radical (unpaired) electrons. The van der Waals surface area contributed by atoms with Crippen molar-refractivity contribution in [3.05, 3.63) is 29.6 Å². The maximum atomic E-state index is 13.8. The summed E-state index contributed by atoms with van der Waals surface area (Å²) in [6, 6.07) is 5.16. The summed E-state index contributed by atoms with van der Waals surface area (Å²) >= 11 is 0. The molecule has 0 aliphatic heterocycles. The molecule has 0 saturated heterocycles. The van der Waals surface area contributed by atoms with E-state index in [0.717, 1.165) is 5.69 Å². The largest absolute Gasteiger partial charge is 0.389 e. The van der Waals surface area contributed by atoms with Crippen molar-refractivity contribution in [2.75, 3.05) is 11.9 Å². The van der Waals surface area contributed by atoms with E-state index in [1.807, 2.05) is 18.0 Å². The zero-order valence-electron chi connectivity index (χ0n) is 12.2. The second-order valence-corrected chi connectivity index (χ2v) is 6.00. The Morgan fingerprint density at radius 2 is 1.78 bits per heavy atom. The van der Waals surface area contributed by atoms with Crippen molar-refractivity contribution >= 4 is 5.69 Å². The molecule has 1 aromatic carbocycles. The first-order chi connectivity index (χ1) is 8.16. The van der Waals surface area contributed by atoms with Crippen LogP contribution in [0.1, 0.15) is 46.3 Å². The van der Waals surface area contributed by atoms with Gasteiger partial charge in [-0.2, -0.15) is 0 Å². The van der Waals surface area contributed by atoms with Crippen LogP contribution in [0.4, 0.5) is 10.1 Å². The molecule has 18 heavy (non-hydrogen) atoms. The van der Waals surface area contributed by atoms with Crippen molar-refractivity contribution in [3.8, 4) is 0 Å². The molecular formula is C15H24FNO. The first kappa shape index (κ1) is 15.0. The zero-order valence-corrected chi connectivity index (χ0v) is 12.2. The van der Waals surface area contributed by atoms with Crippen LogP contribution >= 0.6 is 0 Å². The summed E-state index contributed by atoms with van der Waals surface area (Å²) in [6.45, 7) is 10.1. The molecule has 0 spiro atoms. The van der Waals surface area contributed by atoms with Gasteiger partial charge in [-0.05, 0) is 31.4 Å². The lowest BCUT2D eigenvalue weighted by atomic mass is 9.86. The number of benzene rings is 1. The Hall–Kier alpha value is -1.09. The van der Waals surface area contributed by atoms with Gasteiger partial charge in [-0.3, -0.25) is 0 Å². The van der Waals surface area contributed by atoms with Gasteiger partial charge in [0.1, 0.15) is 5.82 Å². The average Bonchev–Trinajstić information content (AvgIpc) is 2.24. The highest BCUT2D eigenvalue weighted by molar-refractivity contribution is 5.55. The fourth-order valence-electron chi connectivity index (χ4n) is 2.04. The van der Waals surface area contributed by atoms with E-state index in [0.29, 0.717) is 5.56 Å². The number of hydrogen-bond donors (Lipinski definition) is 1. The highest BCUT2D eigenvalue weighted by Gasteiger charge is 2.26. The number of aliphatic hydroxyl groups is 1. The molecule has 0 aliphatic rings. The fraction of sp³-hybridized carbons (Fsp3) is 0.600. The van der Waals surface area contributed by atoms with Gasteiger partial charge in [-0.25, -0.2) is 4.39 Å². The molecule has 1 rings (SSSR count). The van der Waals surface area contributed by atoms with Crippen LogP contribution in [0.15, 0.2) is 18.2 Å². The zero-order chi connectivity index (χ0) is 14.1. The minimum absolute atomic E-state index is 0.0804. The third-order valence-electron chi connectivity index (χ3n) is 3.66. The number of halogens is 1.